The van der Waals surface area contributed by atoms with Gasteiger partial charge in [0.05, 0.1) is 5.92 Å². The Morgan fingerprint density at radius 1 is 0.933 bits per heavy atom. The summed E-state index contributed by atoms with van der Waals surface area (Å²) in [7, 11) is 0. The Bertz CT molecular complexity index is 1440. The molecule has 1 aromatic heterocycles. The molecule has 7 heteroatoms. The summed E-state index contributed by atoms with van der Waals surface area (Å²) in [5, 5.41) is 1.04. The SMILES string of the molecule is CCCCCc1ccc(-c2cc3ccc(OC4CCC(OC(=O)C(CC(C)(C)C)C(C)(C)C)C4C(F)(F)F)cc3s2)c(CC)c1. The van der Waals surface area contributed by atoms with Gasteiger partial charge in [-0.3, -0.25) is 4.79 Å². The lowest BCUT2D eigenvalue weighted by atomic mass is 9.72. The predicted molar refractivity (Wildman–Crippen MR) is 180 cm³/mol. The van der Waals surface area contributed by atoms with E-state index in [1.54, 1.807) is 17.4 Å². The number of fused-ring (bicyclic) bond motifs is 1. The highest BCUT2D eigenvalue weighted by atomic mass is 32.1. The van der Waals surface area contributed by atoms with E-state index in [1.165, 1.54) is 36.0 Å². The number of carbonyl (C=O) groups is 1. The topological polar surface area (TPSA) is 35.5 Å². The maximum absolute atomic E-state index is 14.5. The van der Waals surface area contributed by atoms with E-state index in [9.17, 15) is 18.0 Å². The van der Waals surface area contributed by atoms with Gasteiger partial charge in [0.25, 0.3) is 0 Å². The maximum atomic E-state index is 14.5. The number of rotatable bonds is 11. The van der Waals surface area contributed by atoms with Gasteiger partial charge in [0.15, 0.2) is 0 Å². The third-order valence-corrected chi connectivity index (χ3v) is 10.1. The number of thiophene rings is 1. The first-order chi connectivity index (χ1) is 21.0. The Hall–Kier alpha value is -2.54. The summed E-state index contributed by atoms with van der Waals surface area (Å²) >= 11 is 1.63. The van der Waals surface area contributed by atoms with Gasteiger partial charge >= 0.3 is 12.1 Å². The number of hydrogen-bond acceptors (Lipinski definition) is 4. The predicted octanol–water partition coefficient (Wildman–Crippen LogP) is 11.6. The molecule has 0 amide bonds. The molecule has 248 valence electrons. The van der Waals surface area contributed by atoms with Crippen LogP contribution >= 0.6 is 11.3 Å². The van der Waals surface area contributed by atoms with E-state index in [0.717, 1.165) is 27.8 Å². The van der Waals surface area contributed by atoms with Crippen LogP contribution in [0.5, 0.6) is 5.75 Å². The number of aryl methyl sites for hydroxylation is 2. The van der Waals surface area contributed by atoms with Crippen LogP contribution in [-0.2, 0) is 22.4 Å². The van der Waals surface area contributed by atoms with Crippen molar-refractivity contribution in [3.8, 4) is 16.2 Å². The van der Waals surface area contributed by atoms with E-state index in [2.05, 4.69) is 38.1 Å². The lowest BCUT2D eigenvalue weighted by Crippen LogP contribution is -2.43. The number of esters is 1. The molecule has 0 spiro atoms. The highest BCUT2D eigenvalue weighted by Crippen LogP contribution is 2.45. The summed E-state index contributed by atoms with van der Waals surface area (Å²) in [6, 6.07) is 14.4. The Kier molecular flexibility index (Phi) is 11.0. The molecule has 1 fully saturated rings. The van der Waals surface area contributed by atoms with Crippen LogP contribution in [0.25, 0.3) is 20.5 Å². The number of carbonyl (C=O) groups excluding carboxylic acids is 1. The molecule has 4 atom stereocenters. The number of halogens is 3. The second-order valence-corrected chi connectivity index (χ2v) is 16.2. The number of unbranched alkanes of at least 4 members (excludes halogenated alkanes) is 2. The van der Waals surface area contributed by atoms with Crippen molar-refractivity contribution < 1.29 is 27.4 Å². The number of ether oxygens (including phenoxy) is 2. The van der Waals surface area contributed by atoms with Gasteiger partial charge in [0, 0.05) is 9.58 Å². The van der Waals surface area contributed by atoms with Gasteiger partial charge in [-0.05, 0) is 95.7 Å². The van der Waals surface area contributed by atoms with E-state index in [0.29, 0.717) is 12.2 Å². The quantitative estimate of drug-likeness (QED) is 0.154. The first-order valence-electron chi connectivity index (χ1n) is 16.6. The molecule has 0 aliphatic heterocycles. The van der Waals surface area contributed by atoms with Crippen LogP contribution in [0.4, 0.5) is 13.2 Å². The first kappa shape index (κ1) is 35.3. The van der Waals surface area contributed by atoms with Crippen LogP contribution in [0.3, 0.4) is 0 Å². The Morgan fingerprint density at radius 2 is 1.64 bits per heavy atom. The molecule has 4 rings (SSSR count). The molecular weight excluding hydrogens is 593 g/mol. The zero-order chi connectivity index (χ0) is 33.2. The molecule has 1 aliphatic rings. The molecule has 0 bridgehead atoms. The molecule has 3 nitrogen and oxygen atoms in total. The largest absolute Gasteiger partial charge is 0.490 e. The van der Waals surface area contributed by atoms with Crippen LogP contribution in [0.15, 0.2) is 42.5 Å². The van der Waals surface area contributed by atoms with Gasteiger partial charge < -0.3 is 9.47 Å². The molecule has 3 aromatic rings. The summed E-state index contributed by atoms with van der Waals surface area (Å²) in [4.78, 5) is 14.5. The summed E-state index contributed by atoms with van der Waals surface area (Å²) < 4.78 is 56.2. The molecule has 1 aliphatic carbocycles. The Morgan fingerprint density at radius 3 is 2.27 bits per heavy atom. The van der Waals surface area contributed by atoms with Crippen molar-refractivity contribution in [3.05, 3.63) is 53.6 Å². The lowest BCUT2D eigenvalue weighted by Gasteiger charge is -2.35. The fraction of sp³-hybridized carbons (Fsp3) is 0.605. The van der Waals surface area contributed by atoms with Crippen molar-refractivity contribution in [2.24, 2.45) is 22.7 Å². The minimum absolute atomic E-state index is 0.118. The van der Waals surface area contributed by atoms with Crippen LogP contribution in [-0.4, -0.2) is 24.4 Å². The standard InChI is InChI=1S/C38H51F3O3S/c1-9-11-12-13-24-14-17-28(25(10-2)20-24)33-21-26-15-16-27(22-32(26)45-33)43-30-18-19-31(34(30)38(39,40)41)44-35(42)29(37(6,7)8)23-36(3,4)5/h14-17,20-22,29-31,34H,9-13,18-19,23H2,1-8H3. The number of hydrogen-bond donors (Lipinski definition) is 0. The van der Waals surface area contributed by atoms with Gasteiger partial charge in [0.2, 0.25) is 0 Å². The fourth-order valence-corrected chi connectivity index (χ4v) is 7.66. The second-order valence-electron chi connectivity index (χ2n) is 15.1. The zero-order valence-corrected chi connectivity index (χ0v) is 29.1. The molecule has 0 N–H and O–H groups in total. The van der Waals surface area contributed by atoms with E-state index in [4.69, 9.17) is 9.47 Å². The molecule has 2 aromatic carbocycles. The smallest absolute Gasteiger partial charge is 0.398 e. The summed E-state index contributed by atoms with van der Waals surface area (Å²) in [6.07, 6.45) is -0.490. The Labute approximate surface area is 271 Å². The minimum Gasteiger partial charge on any atom is -0.490 e. The molecule has 1 saturated carbocycles. The van der Waals surface area contributed by atoms with E-state index < -0.39 is 41.6 Å². The average molecular weight is 645 g/mol. The third kappa shape index (κ3) is 9.05. The molecular formula is C38H51F3O3S. The number of benzene rings is 2. The molecule has 1 heterocycles. The van der Waals surface area contributed by atoms with Crippen LogP contribution in [0.1, 0.15) is 105 Å². The van der Waals surface area contributed by atoms with E-state index in [-0.39, 0.29) is 18.3 Å². The van der Waals surface area contributed by atoms with E-state index in [1.807, 2.05) is 53.7 Å². The summed E-state index contributed by atoms with van der Waals surface area (Å²) in [5.41, 5.74) is 3.28. The van der Waals surface area contributed by atoms with E-state index >= 15 is 0 Å². The zero-order valence-electron chi connectivity index (χ0n) is 28.3. The highest BCUT2D eigenvalue weighted by Gasteiger charge is 2.56. The van der Waals surface area contributed by atoms with Crippen LogP contribution < -0.4 is 4.74 Å². The second kappa shape index (κ2) is 14.1. The molecule has 45 heavy (non-hydrogen) atoms. The fourth-order valence-electron chi connectivity index (χ4n) is 6.51. The van der Waals surface area contributed by atoms with Crippen molar-refractivity contribution in [3.63, 3.8) is 0 Å². The monoisotopic (exact) mass is 644 g/mol. The van der Waals surface area contributed by atoms with Gasteiger partial charge in [0.1, 0.15) is 23.9 Å². The third-order valence-electron chi connectivity index (χ3n) is 8.99. The van der Waals surface area contributed by atoms with Crippen LogP contribution in [0.2, 0.25) is 0 Å². The van der Waals surface area contributed by atoms with Crippen molar-refractivity contribution in [2.45, 2.75) is 125 Å². The highest BCUT2D eigenvalue weighted by molar-refractivity contribution is 7.22. The van der Waals surface area contributed by atoms with Gasteiger partial charge in [-0.15, -0.1) is 11.3 Å². The van der Waals surface area contributed by atoms with Gasteiger partial charge in [-0.1, -0.05) is 86.4 Å². The first-order valence-corrected chi connectivity index (χ1v) is 17.4. The average Bonchev–Trinajstić information content (AvgIpc) is 3.54. The van der Waals surface area contributed by atoms with Crippen molar-refractivity contribution in [1.82, 2.24) is 0 Å². The van der Waals surface area contributed by atoms with Crippen molar-refractivity contribution in [2.75, 3.05) is 0 Å². The molecule has 0 saturated heterocycles. The maximum Gasteiger partial charge on any atom is 0.398 e. The van der Waals surface area contributed by atoms with Gasteiger partial charge in [-0.25, -0.2) is 0 Å². The molecule has 0 radical (unpaired) electrons. The lowest BCUT2D eigenvalue weighted by molar-refractivity contribution is -0.218. The van der Waals surface area contributed by atoms with Crippen molar-refractivity contribution in [1.29, 1.82) is 0 Å². The number of alkyl halides is 3. The van der Waals surface area contributed by atoms with Crippen LogP contribution in [0, 0.1) is 22.7 Å². The van der Waals surface area contributed by atoms with Crippen molar-refractivity contribution >= 4 is 27.4 Å². The van der Waals surface area contributed by atoms with Gasteiger partial charge in [-0.2, -0.15) is 13.2 Å². The molecule has 4 unspecified atom stereocenters. The Balaban J connectivity index is 1.52. The summed E-state index contributed by atoms with van der Waals surface area (Å²) in [6.45, 7) is 16.3. The minimum atomic E-state index is -4.56. The summed E-state index contributed by atoms with van der Waals surface area (Å²) in [5.74, 6) is -2.53. The normalized spacial score (nSPS) is 20.0.